The maximum Gasteiger partial charge on any atom is 0.223 e. The van der Waals surface area contributed by atoms with Crippen molar-refractivity contribution in [2.75, 3.05) is 12.3 Å². The molecule has 0 unspecified atom stereocenters. The minimum absolute atomic E-state index is 0.324. The van der Waals surface area contributed by atoms with Crippen molar-refractivity contribution < 1.29 is 4.74 Å². The number of hydrogen-bond acceptors (Lipinski definition) is 5. The normalized spacial score (nSPS) is 22.5. The molecule has 116 valence electrons. The van der Waals surface area contributed by atoms with Crippen molar-refractivity contribution in [3.8, 4) is 0 Å². The molecule has 0 bridgehead atoms. The maximum atomic E-state index is 6.07. The van der Waals surface area contributed by atoms with Crippen LogP contribution in [0.25, 0.3) is 0 Å². The molecule has 2 saturated carbocycles. The Balaban J connectivity index is 1.92. The van der Waals surface area contributed by atoms with Crippen molar-refractivity contribution in [2.45, 2.75) is 76.2 Å². The van der Waals surface area contributed by atoms with Crippen molar-refractivity contribution in [1.82, 2.24) is 15.0 Å². The molecule has 0 atom stereocenters. The molecular formula is C16H26N4O. The van der Waals surface area contributed by atoms with Crippen LogP contribution < -0.4 is 5.73 Å². The Bertz CT molecular complexity index is 479. The van der Waals surface area contributed by atoms with E-state index >= 15 is 0 Å². The zero-order valence-electron chi connectivity index (χ0n) is 13.0. The molecule has 3 rings (SSSR count). The van der Waals surface area contributed by atoms with E-state index in [1.54, 1.807) is 0 Å². The highest BCUT2D eigenvalue weighted by Crippen LogP contribution is 2.41. The molecule has 5 heteroatoms. The predicted octanol–water partition coefficient (Wildman–Crippen LogP) is 3.31. The lowest BCUT2D eigenvalue weighted by atomic mass is 9.88. The third-order valence-electron chi connectivity index (χ3n) is 4.88. The van der Waals surface area contributed by atoms with Crippen LogP contribution >= 0.6 is 0 Å². The minimum atomic E-state index is -0.324. The average Bonchev–Trinajstić information content (AvgIpc) is 2.98. The highest BCUT2D eigenvalue weighted by Gasteiger charge is 2.40. The van der Waals surface area contributed by atoms with E-state index in [-0.39, 0.29) is 5.60 Å². The van der Waals surface area contributed by atoms with Crippen LogP contribution in [-0.2, 0) is 10.3 Å². The second kappa shape index (κ2) is 6.26. The van der Waals surface area contributed by atoms with Crippen molar-refractivity contribution in [2.24, 2.45) is 0 Å². The highest BCUT2D eigenvalue weighted by molar-refractivity contribution is 5.21. The first-order chi connectivity index (χ1) is 10.2. The fourth-order valence-corrected chi connectivity index (χ4v) is 3.81. The number of nitrogen functional groups attached to an aromatic ring is 1. The minimum Gasteiger partial charge on any atom is -0.368 e. The molecule has 1 heterocycles. The summed E-state index contributed by atoms with van der Waals surface area (Å²) >= 11 is 0. The highest BCUT2D eigenvalue weighted by atomic mass is 16.5. The van der Waals surface area contributed by atoms with Gasteiger partial charge in [-0.1, -0.05) is 19.3 Å². The first kappa shape index (κ1) is 14.7. The standard InChI is InChI=1S/C16H26N4O/c1-2-21-16(10-6-7-11-16)14-18-13(19-15(17)20-14)12-8-4-3-5-9-12/h12H,2-11H2,1H3,(H2,17,18,19,20). The van der Waals surface area contributed by atoms with Gasteiger partial charge in [0.05, 0.1) is 0 Å². The van der Waals surface area contributed by atoms with E-state index in [1.807, 2.05) is 6.92 Å². The second-order valence-electron chi connectivity index (χ2n) is 6.34. The lowest BCUT2D eigenvalue weighted by molar-refractivity contribution is -0.0459. The largest absolute Gasteiger partial charge is 0.368 e. The topological polar surface area (TPSA) is 73.9 Å². The Labute approximate surface area is 126 Å². The number of rotatable bonds is 4. The lowest BCUT2D eigenvalue weighted by Crippen LogP contribution is -2.30. The molecular weight excluding hydrogens is 264 g/mol. The third kappa shape index (κ3) is 3.03. The van der Waals surface area contributed by atoms with Gasteiger partial charge in [0.1, 0.15) is 11.4 Å². The Morgan fingerprint density at radius 3 is 2.43 bits per heavy atom. The van der Waals surface area contributed by atoms with Gasteiger partial charge in [-0.15, -0.1) is 0 Å². The van der Waals surface area contributed by atoms with Gasteiger partial charge in [0.2, 0.25) is 5.95 Å². The zero-order valence-corrected chi connectivity index (χ0v) is 13.0. The van der Waals surface area contributed by atoms with Crippen molar-refractivity contribution in [1.29, 1.82) is 0 Å². The molecule has 2 fully saturated rings. The molecule has 2 N–H and O–H groups in total. The molecule has 1 aromatic rings. The molecule has 0 aliphatic heterocycles. The van der Waals surface area contributed by atoms with Gasteiger partial charge < -0.3 is 10.5 Å². The lowest BCUT2D eigenvalue weighted by Gasteiger charge is -2.28. The molecule has 0 saturated heterocycles. The molecule has 0 radical (unpaired) electrons. The first-order valence-corrected chi connectivity index (χ1v) is 8.39. The van der Waals surface area contributed by atoms with Gasteiger partial charge in [-0.05, 0) is 45.4 Å². The first-order valence-electron chi connectivity index (χ1n) is 8.39. The second-order valence-corrected chi connectivity index (χ2v) is 6.34. The molecule has 21 heavy (non-hydrogen) atoms. The van der Waals surface area contributed by atoms with Crippen molar-refractivity contribution in [3.63, 3.8) is 0 Å². The van der Waals surface area contributed by atoms with E-state index in [4.69, 9.17) is 15.5 Å². The molecule has 2 aliphatic rings. The van der Waals surface area contributed by atoms with Crippen LogP contribution in [0.15, 0.2) is 0 Å². The van der Waals surface area contributed by atoms with Gasteiger partial charge in [0.15, 0.2) is 5.82 Å². The summed E-state index contributed by atoms with van der Waals surface area (Å²) in [6.07, 6.45) is 10.5. The molecule has 2 aliphatic carbocycles. The number of hydrogen-bond donors (Lipinski definition) is 1. The fourth-order valence-electron chi connectivity index (χ4n) is 3.81. The summed E-state index contributed by atoms with van der Waals surface area (Å²) in [5, 5.41) is 0. The molecule has 0 spiro atoms. The van der Waals surface area contributed by atoms with E-state index in [0.29, 0.717) is 18.5 Å². The van der Waals surface area contributed by atoms with Crippen molar-refractivity contribution in [3.05, 3.63) is 11.6 Å². The van der Waals surface area contributed by atoms with Crippen LogP contribution in [0.1, 0.15) is 82.3 Å². The Hall–Kier alpha value is -1.23. The van der Waals surface area contributed by atoms with E-state index in [0.717, 1.165) is 24.5 Å². The quantitative estimate of drug-likeness (QED) is 0.921. The maximum absolute atomic E-state index is 6.07. The van der Waals surface area contributed by atoms with Crippen LogP contribution in [0.3, 0.4) is 0 Å². The molecule has 0 amide bonds. The van der Waals surface area contributed by atoms with E-state index in [1.165, 1.54) is 44.9 Å². The Kier molecular flexibility index (Phi) is 4.38. The Morgan fingerprint density at radius 1 is 1.05 bits per heavy atom. The molecule has 1 aromatic heterocycles. The van der Waals surface area contributed by atoms with E-state index < -0.39 is 0 Å². The average molecular weight is 290 g/mol. The summed E-state index contributed by atoms with van der Waals surface area (Å²) in [5.74, 6) is 2.47. The smallest absolute Gasteiger partial charge is 0.223 e. The number of ether oxygens (including phenoxy) is 1. The molecule has 5 nitrogen and oxygen atoms in total. The van der Waals surface area contributed by atoms with Gasteiger partial charge in [-0.3, -0.25) is 0 Å². The monoisotopic (exact) mass is 290 g/mol. The van der Waals surface area contributed by atoms with Crippen LogP contribution in [-0.4, -0.2) is 21.6 Å². The van der Waals surface area contributed by atoms with Crippen molar-refractivity contribution >= 4 is 5.95 Å². The number of nitrogens with two attached hydrogens (primary N) is 1. The zero-order chi connectivity index (χ0) is 14.7. The molecule has 0 aromatic carbocycles. The van der Waals surface area contributed by atoms with Gasteiger partial charge in [0, 0.05) is 12.5 Å². The summed E-state index contributed by atoms with van der Waals surface area (Å²) < 4.78 is 6.07. The predicted molar refractivity (Wildman–Crippen MR) is 81.8 cm³/mol. The van der Waals surface area contributed by atoms with Gasteiger partial charge in [0.25, 0.3) is 0 Å². The number of nitrogens with zero attached hydrogens (tertiary/aromatic N) is 3. The van der Waals surface area contributed by atoms with Gasteiger partial charge in [-0.2, -0.15) is 9.97 Å². The van der Waals surface area contributed by atoms with E-state index in [2.05, 4.69) is 9.97 Å². The van der Waals surface area contributed by atoms with Gasteiger partial charge >= 0.3 is 0 Å². The van der Waals surface area contributed by atoms with Crippen LogP contribution in [0.5, 0.6) is 0 Å². The number of anilines is 1. The summed E-state index contributed by atoms with van der Waals surface area (Å²) in [5.41, 5.74) is 5.65. The SMILES string of the molecule is CCOC1(c2nc(N)nc(C3CCCCC3)n2)CCCC1. The summed E-state index contributed by atoms with van der Waals surface area (Å²) in [6, 6.07) is 0. The van der Waals surface area contributed by atoms with Crippen LogP contribution in [0, 0.1) is 0 Å². The summed E-state index contributed by atoms with van der Waals surface area (Å²) in [7, 11) is 0. The van der Waals surface area contributed by atoms with Gasteiger partial charge in [-0.25, -0.2) is 4.98 Å². The third-order valence-corrected chi connectivity index (χ3v) is 4.88. The summed E-state index contributed by atoms with van der Waals surface area (Å²) in [6.45, 7) is 2.72. The number of aromatic nitrogens is 3. The fraction of sp³-hybridized carbons (Fsp3) is 0.812. The van der Waals surface area contributed by atoms with Crippen LogP contribution in [0.2, 0.25) is 0 Å². The van der Waals surface area contributed by atoms with Crippen LogP contribution in [0.4, 0.5) is 5.95 Å². The van der Waals surface area contributed by atoms with E-state index in [9.17, 15) is 0 Å². The Morgan fingerprint density at radius 2 is 1.76 bits per heavy atom. The summed E-state index contributed by atoms with van der Waals surface area (Å²) in [4.78, 5) is 13.7.